The number of pyridine rings is 1. The Morgan fingerprint density at radius 2 is 2.29 bits per heavy atom. The van der Waals surface area contributed by atoms with Crippen LogP contribution < -0.4 is 5.73 Å². The second-order valence-corrected chi connectivity index (χ2v) is 3.65. The molecule has 74 valence electrons. The average molecular weight is 190 g/mol. The molecule has 14 heavy (non-hydrogen) atoms. The highest BCUT2D eigenvalue weighted by Crippen LogP contribution is 2.17. The Kier molecular flexibility index (Phi) is 2.21. The number of hydrogen-bond acceptors (Lipinski definition) is 3. The lowest BCUT2D eigenvalue weighted by Crippen LogP contribution is -1.97. The fraction of sp³-hybridized carbons (Fsp3) is 0.400. The van der Waals surface area contributed by atoms with Crippen LogP contribution in [-0.4, -0.2) is 15.0 Å². The molecule has 0 radical (unpaired) electrons. The number of rotatable bonds is 2. The Bertz CT molecular complexity index is 444. The smallest absolute Gasteiger partial charge is 0.178 e. The summed E-state index contributed by atoms with van der Waals surface area (Å²) in [6.45, 7) is 4.71. The number of aromatic amines is 1. The molecule has 0 saturated carbocycles. The van der Waals surface area contributed by atoms with E-state index in [2.05, 4.69) is 28.8 Å². The van der Waals surface area contributed by atoms with Crippen molar-refractivity contribution in [2.45, 2.75) is 26.3 Å². The van der Waals surface area contributed by atoms with Gasteiger partial charge in [0.25, 0.3) is 0 Å². The number of H-pyrrole nitrogens is 1. The quantitative estimate of drug-likeness (QED) is 0.754. The van der Waals surface area contributed by atoms with E-state index in [4.69, 9.17) is 5.73 Å². The normalized spacial score (nSPS) is 11.4. The van der Waals surface area contributed by atoms with Crippen LogP contribution in [0.4, 0.5) is 0 Å². The first-order valence-electron chi connectivity index (χ1n) is 4.76. The van der Waals surface area contributed by atoms with E-state index >= 15 is 0 Å². The van der Waals surface area contributed by atoms with E-state index in [-0.39, 0.29) is 0 Å². The molecule has 3 N–H and O–H groups in total. The zero-order valence-electron chi connectivity index (χ0n) is 8.41. The number of aromatic nitrogens is 3. The standard InChI is InChI=1S/C10H14N4/c1-6(2)9-13-8-7(5-11)3-4-12-10(8)14-9/h3-4,6H,5,11H2,1-2H3,(H,12,13,14). The van der Waals surface area contributed by atoms with E-state index in [1.165, 1.54) is 0 Å². The van der Waals surface area contributed by atoms with Crippen molar-refractivity contribution in [2.24, 2.45) is 5.73 Å². The van der Waals surface area contributed by atoms with Gasteiger partial charge in [0.2, 0.25) is 0 Å². The largest absolute Gasteiger partial charge is 0.340 e. The van der Waals surface area contributed by atoms with Gasteiger partial charge in [-0.3, -0.25) is 0 Å². The number of nitrogens with two attached hydrogens (primary N) is 1. The van der Waals surface area contributed by atoms with Crippen molar-refractivity contribution in [1.29, 1.82) is 0 Å². The van der Waals surface area contributed by atoms with Crippen LogP contribution in [0.25, 0.3) is 11.2 Å². The summed E-state index contributed by atoms with van der Waals surface area (Å²) in [6.07, 6.45) is 1.75. The van der Waals surface area contributed by atoms with Crippen LogP contribution in [0, 0.1) is 0 Å². The fourth-order valence-electron chi connectivity index (χ4n) is 1.42. The summed E-state index contributed by atoms with van der Waals surface area (Å²) < 4.78 is 0. The molecule has 4 heteroatoms. The van der Waals surface area contributed by atoms with E-state index < -0.39 is 0 Å². The van der Waals surface area contributed by atoms with Crippen molar-refractivity contribution in [3.8, 4) is 0 Å². The van der Waals surface area contributed by atoms with E-state index in [1.54, 1.807) is 6.20 Å². The van der Waals surface area contributed by atoms with Gasteiger partial charge in [-0.15, -0.1) is 0 Å². The molecule has 2 heterocycles. The molecule has 0 aliphatic heterocycles. The molecular weight excluding hydrogens is 176 g/mol. The highest BCUT2D eigenvalue weighted by molar-refractivity contribution is 5.74. The van der Waals surface area contributed by atoms with Crippen molar-refractivity contribution in [3.05, 3.63) is 23.7 Å². The monoisotopic (exact) mass is 190 g/mol. The molecule has 2 aromatic rings. The summed E-state index contributed by atoms with van der Waals surface area (Å²) in [6, 6.07) is 1.92. The fourth-order valence-corrected chi connectivity index (χ4v) is 1.42. The second-order valence-electron chi connectivity index (χ2n) is 3.65. The molecule has 0 aliphatic rings. The van der Waals surface area contributed by atoms with Gasteiger partial charge in [-0.2, -0.15) is 0 Å². The van der Waals surface area contributed by atoms with E-state index in [1.807, 2.05) is 6.07 Å². The molecule has 0 unspecified atom stereocenters. The maximum Gasteiger partial charge on any atom is 0.178 e. The van der Waals surface area contributed by atoms with Crippen LogP contribution in [0.15, 0.2) is 12.3 Å². The molecule has 4 nitrogen and oxygen atoms in total. The van der Waals surface area contributed by atoms with Crippen molar-refractivity contribution in [2.75, 3.05) is 0 Å². The molecule has 0 spiro atoms. The predicted molar refractivity (Wildman–Crippen MR) is 55.9 cm³/mol. The highest BCUT2D eigenvalue weighted by atomic mass is 15.0. The minimum absolute atomic E-state index is 0.384. The van der Waals surface area contributed by atoms with Gasteiger partial charge in [0.1, 0.15) is 5.82 Å². The van der Waals surface area contributed by atoms with Crippen molar-refractivity contribution in [1.82, 2.24) is 15.0 Å². The molecular formula is C10H14N4. The Morgan fingerprint density at radius 1 is 1.50 bits per heavy atom. The summed E-state index contributed by atoms with van der Waals surface area (Å²) in [5, 5.41) is 0. The van der Waals surface area contributed by atoms with Gasteiger partial charge in [-0.05, 0) is 11.6 Å². The minimum atomic E-state index is 0.384. The number of nitrogens with one attached hydrogen (secondary N) is 1. The van der Waals surface area contributed by atoms with E-state index in [0.29, 0.717) is 12.5 Å². The number of imidazole rings is 1. The zero-order valence-corrected chi connectivity index (χ0v) is 8.41. The Balaban J connectivity index is 2.64. The lowest BCUT2D eigenvalue weighted by Gasteiger charge is -1.97. The van der Waals surface area contributed by atoms with Gasteiger partial charge >= 0.3 is 0 Å². The van der Waals surface area contributed by atoms with Crippen LogP contribution in [0.3, 0.4) is 0 Å². The topological polar surface area (TPSA) is 67.6 Å². The first-order valence-corrected chi connectivity index (χ1v) is 4.76. The molecule has 2 aromatic heterocycles. The third-order valence-corrected chi connectivity index (χ3v) is 2.26. The lowest BCUT2D eigenvalue weighted by atomic mass is 10.2. The maximum absolute atomic E-state index is 5.63. The maximum atomic E-state index is 5.63. The van der Waals surface area contributed by atoms with Crippen LogP contribution in [-0.2, 0) is 6.54 Å². The van der Waals surface area contributed by atoms with E-state index in [0.717, 1.165) is 22.6 Å². The van der Waals surface area contributed by atoms with Crippen LogP contribution >= 0.6 is 0 Å². The summed E-state index contributed by atoms with van der Waals surface area (Å²) in [5.74, 6) is 1.35. The summed E-state index contributed by atoms with van der Waals surface area (Å²) in [4.78, 5) is 11.9. The third kappa shape index (κ3) is 1.37. The van der Waals surface area contributed by atoms with Gasteiger partial charge in [0.05, 0.1) is 5.52 Å². The van der Waals surface area contributed by atoms with Crippen LogP contribution in [0.2, 0.25) is 0 Å². The van der Waals surface area contributed by atoms with Gasteiger partial charge in [-0.1, -0.05) is 13.8 Å². The number of nitrogens with zero attached hydrogens (tertiary/aromatic N) is 2. The molecule has 0 amide bonds. The third-order valence-electron chi connectivity index (χ3n) is 2.26. The highest BCUT2D eigenvalue weighted by Gasteiger charge is 2.09. The molecule has 0 bridgehead atoms. The number of fused-ring (bicyclic) bond motifs is 1. The Labute approximate surface area is 82.6 Å². The second kappa shape index (κ2) is 3.38. The average Bonchev–Trinajstić information content (AvgIpc) is 2.60. The predicted octanol–water partition coefficient (Wildman–Crippen LogP) is 1.54. The summed E-state index contributed by atoms with van der Waals surface area (Å²) in [7, 11) is 0. The molecule has 0 aromatic carbocycles. The SMILES string of the molecule is CC(C)c1nc2nccc(CN)c2[nH]1. The first-order chi connectivity index (χ1) is 6.72. The van der Waals surface area contributed by atoms with Crippen LogP contribution in [0.5, 0.6) is 0 Å². The van der Waals surface area contributed by atoms with Crippen molar-refractivity contribution in [3.63, 3.8) is 0 Å². The molecule has 0 fully saturated rings. The molecule has 2 rings (SSSR count). The summed E-state index contributed by atoms with van der Waals surface area (Å²) >= 11 is 0. The Hall–Kier alpha value is -1.42. The number of hydrogen-bond donors (Lipinski definition) is 2. The van der Waals surface area contributed by atoms with Gasteiger partial charge in [0.15, 0.2) is 5.65 Å². The molecule has 0 saturated heterocycles. The van der Waals surface area contributed by atoms with Gasteiger partial charge in [-0.25, -0.2) is 9.97 Å². The lowest BCUT2D eigenvalue weighted by molar-refractivity contribution is 0.798. The summed E-state index contributed by atoms with van der Waals surface area (Å²) in [5.41, 5.74) is 8.42. The van der Waals surface area contributed by atoms with E-state index in [9.17, 15) is 0 Å². The first kappa shape index (κ1) is 9.15. The zero-order chi connectivity index (χ0) is 10.1. The van der Waals surface area contributed by atoms with Gasteiger partial charge in [0, 0.05) is 18.7 Å². The molecule has 0 aliphatic carbocycles. The van der Waals surface area contributed by atoms with Crippen LogP contribution in [0.1, 0.15) is 31.2 Å². The minimum Gasteiger partial charge on any atom is -0.340 e. The van der Waals surface area contributed by atoms with Crippen molar-refractivity contribution < 1.29 is 0 Å². The van der Waals surface area contributed by atoms with Crippen molar-refractivity contribution >= 4 is 11.2 Å². The molecule has 0 atom stereocenters. The Morgan fingerprint density at radius 3 is 2.93 bits per heavy atom. The van der Waals surface area contributed by atoms with Gasteiger partial charge < -0.3 is 10.7 Å².